The van der Waals surface area contributed by atoms with Gasteiger partial charge in [0.1, 0.15) is 11.6 Å². The second-order valence-electron chi connectivity index (χ2n) is 6.23. The van der Waals surface area contributed by atoms with Crippen molar-refractivity contribution in [3.05, 3.63) is 39.3 Å². The maximum atomic E-state index is 12.4. The van der Waals surface area contributed by atoms with Crippen LogP contribution < -0.4 is 10.6 Å². The molecule has 1 aliphatic heterocycles. The van der Waals surface area contributed by atoms with Gasteiger partial charge in [-0.3, -0.25) is 9.59 Å². The third kappa shape index (κ3) is 5.42. The molecule has 1 aromatic heterocycles. The minimum atomic E-state index is -0.493. The third-order valence-corrected chi connectivity index (χ3v) is 5.46. The molecule has 2 aromatic rings. The lowest BCUT2D eigenvalue weighted by Gasteiger charge is -2.22. The van der Waals surface area contributed by atoms with E-state index in [-0.39, 0.29) is 30.2 Å². The quantitative estimate of drug-likeness (QED) is 0.672. The number of ether oxygens (including phenoxy) is 1. The van der Waals surface area contributed by atoms with E-state index in [4.69, 9.17) is 16.3 Å². The van der Waals surface area contributed by atoms with Gasteiger partial charge in [-0.05, 0) is 38.0 Å². The highest BCUT2D eigenvalue weighted by Gasteiger charge is 2.33. The van der Waals surface area contributed by atoms with Crippen LogP contribution in [-0.4, -0.2) is 52.7 Å². The van der Waals surface area contributed by atoms with Crippen molar-refractivity contribution in [2.24, 2.45) is 0 Å². The number of nitrogens with zero attached hydrogens (tertiary/aromatic N) is 3. The molecular formula is C18H20ClN5O4S. The van der Waals surface area contributed by atoms with Crippen molar-refractivity contribution in [1.29, 1.82) is 0 Å². The molecule has 1 fully saturated rings. The topological polar surface area (TPSA) is 114 Å². The molecule has 0 bridgehead atoms. The number of halogens is 1. The molecule has 11 heteroatoms. The molecule has 29 heavy (non-hydrogen) atoms. The van der Waals surface area contributed by atoms with E-state index in [0.717, 1.165) is 17.8 Å². The second-order valence-corrected chi connectivity index (χ2v) is 7.67. The number of nitrogens with one attached hydrogen (secondary N) is 2. The van der Waals surface area contributed by atoms with Crippen molar-refractivity contribution < 1.29 is 19.1 Å². The molecule has 1 aliphatic rings. The van der Waals surface area contributed by atoms with E-state index in [9.17, 15) is 14.4 Å². The van der Waals surface area contributed by atoms with Crippen LogP contribution in [0.3, 0.4) is 0 Å². The number of likely N-dealkylation sites (tertiary alicyclic amines) is 1. The Morgan fingerprint density at radius 3 is 2.93 bits per heavy atom. The number of hydrogen-bond acceptors (Lipinski definition) is 7. The molecule has 2 heterocycles. The zero-order valence-electron chi connectivity index (χ0n) is 15.7. The Morgan fingerprint density at radius 1 is 1.34 bits per heavy atom. The molecule has 3 amide bonds. The number of esters is 1. The number of urea groups is 1. The summed E-state index contributed by atoms with van der Waals surface area (Å²) in [6, 6.07) is 6.13. The van der Waals surface area contributed by atoms with Crippen LogP contribution in [0.15, 0.2) is 24.3 Å². The Labute approximate surface area is 176 Å². The fourth-order valence-electron chi connectivity index (χ4n) is 2.94. The predicted octanol–water partition coefficient (Wildman–Crippen LogP) is 2.85. The summed E-state index contributed by atoms with van der Waals surface area (Å²) < 4.78 is 4.81. The van der Waals surface area contributed by atoms with Crippen LogP contribution in [0, 0.1) is 0 Å². The lowest BCUT2D eigenvalue weighted by molar-refractivity contribution is -0.141. The largest absolute Gasteiger partial charge is 0.465 e. The summed E-state index contributed by atoms with van der Waals surface area (Å²) >= 11 is 7.06. The zero-order valence-corrected chi connectivity index (χ0v) is 17.3. The molecule has 1 atom stereocenters. The smallest absolute Gasteiger partial charge is 0.325 e. The molecule has 3 rings (SSSR count). The van der Waals surface area contributed by atoms with E-state index >= 15 is 0 Å². The van der Waals surface area contributed by atoms with Gasteiger partial charge in [-0.1, -0.05) is 29.0 Å². The van der Waals surface area contributed by atoms with Crippen LogP contribution in [0.4, 0.5) is 10.5 Å². The fraction of sp³-hybridized carbons (Fsp3) is 0.389. The van der Waals surface area contributed by atoms with E-state index in [1.165, 1.54) is 0 Å². The van der Waals surface area contributed by atoms with E-state index in [1.807, 2.05) is 0 Å². The van der Waals surface area contributed by atoms with Crippen LogP contribution >= 0.6 is 22.9 Å². The molecule has 0 radical (unpaired) electrons. The summed E-state index contributed by atoms with van der Waals surface area (Å²) in [7, 11) is 0. The van der Waals surface area contributed by atoms with Gasteiger partial charge in [0.25, 0.3) is 5.91 Å². The molecule has 9 nitrogen and oxygen atoms in total. The standard InChI is InChI=1S/C18H20ClN5O4S/c1-2-28-14(25)10-20-18(27)24-8-4-7-13(24)16-22-23-17(29-16)15(26)21-12-6-3-5-11(19)9-12/h3,5-6,9,13H,2,4,7-8,10H2,1H3,(H,20,27)(H,21,26). The van der Waals surface area contributed by atoms with Crippen molar-refractivity contribution in [2.75, 3.05) is 25.0 Å². The lowest BCUT2D eigenvalue weighted by atomic mass is 10.2. The van der Waals surface area contributed by atoms with Gasteiger partial charge in [0.2, 0.25) is 5.01 Å². The summed E-state index contributed by atoms with van der Waals surface area (Å²) in [6.07, 6.45) is 1.50. The van der Waals surface area contributed by atoms with Gasteiger partial charge in [0.05, 0.1) is 12.6 Å². The van der Waals surface area contributed by atoms with Crippen LogP contribution in [0.5, 0.6) is 0 Å². The second kappa shape index (κ2) is 9.66. The molecule has 2 N–H and O–H groups in total. The normalized spacial score (nSPS) is 15.8. The van der Waals surface area contributed by atoms with E-state index < -0.39 is 11.9 Å². The van der Waals surface area contributed by atoms with E-state index in [0.29, 0.717) is 28.7 Å². The van der Waals surface area contributed by atoms with E-state index in [2.05, 4.69) is 20.8 Å². The molecule has 1 saturated heterocycles. The molecule has 154 valence electrons. The average Bonchev–Trinajstić information content (AvgIpc) is 3.35. The van der Waals surface area contributed by atoms with Gasteiger partial charge < -0.3 is 20.3 Å². The lowest BCUT2D eigenvalue weighted by Crippen LogP contribution is -2.42. The maximum absolute atomic E-state index is 12.4. The van der Waals surface area contributed by atoms with Crippen molar-refractivity contribution in [3.63, 3.8) is 0 Å². The molecule has 1 aromatic carbocycles. The predicted molar refractivity (Wildman–Crippen MR) is 108 cm³/mol. The van der Waals surface area contributed by atoms with E-state index in [1.54, 1.807) is 36.1 Å². The molecule has 1 unspecified atom stereocenters. The highest BCUT2D eigenvalue weighted by Crippen LogP contribution is 2.33. The molecule has 0 saturated carbocycles. The van der Waals surface area contributed by atoms with Gasteiger partial charge in [-0.25, -0.2) is 4.79 Å². The first-order valence-corrected chi connectivity index (χ1v) is 10.3. The van der Waals surface area contributed by atoms with Crippen molar-refractivity contribution in [3.8, 4) is 0 Å². The number of carbonyl (C=O) groups is 3. The molecule has 0 spiro atoms. The summed E-state index contributed by atoms with van der Waals surface area (Å²) in [4.78, 5) is 37.9. The number of amides is 3. The minimum Gasteiger partial charge on any atom is -0.465 e. The number of rotatable bonds is 6. The van der Waals surface area contributed by atoms with Crippen LogP contribution in [0.2, 0.25) is 5.02 Å². The number of benzene rings is 1. The minimum absolute atomic E-state index is 0.193. The van der Waals surface area contributed by atoms with Gasteiger partial charge in [-0.15, -0.1) is 10.2 Å². The number of carbonyl (C=O) groups excluding carboxylic acids is 3. The summed E-state index contributed by atoms with van der Waals surface area (Å²) in [5, 5.41) is 14.6. The zero-order chi connectivity index (χ0) is 20.8. The Hall–Kier alpha value is -2.72. The Kier molecular flexibility index (Phi) is 6.99. The van der Waals surface area contributed by atoms with Crippen LogP contribution in [0.25, 0.3) is 0 Å². The Bertz CT molecular complexity index is 906. The summed E-state index contributed by atoms with van der Waals surface area (Å²) in [6.45, 7) is 2.29. The Balaban J connectivity index is 1.63. The van der Waals surface area contributed by atoms with Crippen LogP contribution in [0.1, 0.15) is 40.6 Å². The number of aromatic nitrogens is 2. The Morgan fingerprint density at radius 2 is 2.17 bits per heavy atom. The first-order chi connectivity index (χ1) is 14.0. The SMILES string of the molecule is CCOC(=O)CNC(=O)N1CCCC1c1nnc(C(=O)Nc2cccc(Cl)c2)s1. The monoisotopic (exact) mass is 437 g/mol. The summed E-state index contributed by atoms with van der Waals surface area (Å²) in [5.74, 6) is -0.889. The molecule has 0 aliphatic carbocycles. The van der Waals surface area contributed by atoms with Gasteiger partial charge >= 0.3 is 12.0 Å². The van der Waals surface area contributed by atoms with Crippen molar-refractivity contribution >= 4 is 46.5 Å². The third-order valence-electron chi connectivity index (χ3n) is 4.21. The highest BCUT2D eigenvalue weighted by atomic mass is 35.5. The first kappa shape index (κ1) is 21.0. The van der Waals surface area contributed by atoms with Crippen molar-refractivity contribution in [2.45, 2.75) is 25.8 Å². The average molecular weight is 438 g/mol. The van der Waals surface area contributed by atoms with Gasteiger partial charge in [-0.2, -0.15) is 0 Å². The van der Waals surface area contributed by atoms with Crippen molar-refractivity contribution in [1.82, 2.24) is 20.4 Å². The fourth-order valence-corrected chi connectivity index (χ4v) is 4.02. The van der Waals surface area contributed by atoms with Gasteiger partial charge in [0, 0.05) is 17.3 Å². The maximum Gasteiger partial charge on any atom is 0.325 e. The van der Waals surface area contributed by atoms with Gasteiger partial charge in [0.15, 0.2) is 0 Å². The summed E-state index contributed by atoms with van der Waals surface area (Å²) in [5.41, 5.74) is 0.556. The van der Waals surface area contributed by atoms with Crippen LogP contribution in [-0.2, 0) is 9.53 Å². The highest BCUT2D eigenvalue weighted by molar-refractivity contribution is 7.13. The first-order valence-electron chi connectivity index (χ1n) is 9.08. The molecular weight excluding hydrogens is 418 g/mol. The number of hydrogen-bond donors (Lipinski definition) is 2. The number of anilines is 1.